The van der Waals surface area contributed by atoms with Crippen LogP contribution in [0, 0.1) is 11.3 Å². The van der Waals surface area contributed by atoms with E-state index in [0.717, 1.165) is 12.8 Å². The number of amides is 2. The Bertz CT molecular complexity index is 272. The Balaban J connectivity index is 2.26. The smallest absolute Gasteiger partial charge is 0.227 e. The summed E-state index contributed by atoms with van der Waals surface area (Å²) in [6.45, 7) is 4.92. The number of nitrogens with two attached hydrogens (primary N) is 1. The highest BCUT2D eigenvalue weighted by Crippen LogP contribution is 2.44. The van der Waals surface area contributed by atoms with Gasteiger partial charge in [-0.1, -0.05) is 6.92 Å². The molecule has 5 nitrogen and oxygen atoms in total. The first kappa shape index (κ1) is 13.0. The van der Waals surface area contributed by atoms with Crippen molar-refractivity contribution in [2.45, 2.75) is 26.7 Å². The predicted octanol–water partition coefficient (Wildman–Crippen LogP) is -0.386. The summed E-state index contributed by atoms with van der Waals surface area (Å²) in [6, 6.07) is 0. The molecule has 0 aromatic heterocycles. The Morgan fingerprint density at radius 1 is 1.31 bits per heavy atom. The maximum atomic E-state index is 11.9. The van der Waals surface area contributed by atoms with Crippen molar-refractivity contribution < 1.29 is 9.59 Å². The Kier molecular flexibility index (Phi) is 4.29. The van der Waals surface area contributed by atoms with Crippen LogP contribution in [0.2, 0.25) is 0 Å². The molecule has 1 fully saturated rings. The van der Waals surface area contributed by atoms with Gasteiger partial charge in [0.1, 0.15) is 0 Å². The van der Waals surface area contributed by atoms with E-state index in [4.69, 9.17) is 5.73 Å². The van der Waals surface area contributed by atoms with Gasteiger partial charge in [0.25, 0.3) is 0 Å². The fourth-order valence-electron chi connectivity index (χ4n) is 2.32. The molecule has 1 rings (SSSR count). The fraction of sp³-hybridized carbons (Fsp3) is 0.818. The van der Waals surface area contributed by atoms with Gasteiger partial charge < -0.3 is 16.4 Å². The van der Waals surface area contributed by atoms with Crippen LogP contribution in [0.1, 0.15) is 26.7 Å². The van der Waals surface area contributed by atoms with Gasteiger partial charge in [-0.15, -0.1) is 0 Å². The normalized spacial score (nSPS) is 28.1. The molecule has 4 N–H and O–H groups in total. The van der Waals surface area contributed by atoms with Crippen LogP contribution in [0.25, 0.3) is 0 Å². The third kappa shape index (κ3) is 2.95. The van der Waals surface area contributed by atoms with E-state index in [1.165, 1.54) is 6.92 Å². The number of hydrogen-bond donors (Lipinski definition) is 3. The van der Waals surface area contributed by atoms with E-state index < -0.39 is 0 Å². The van der Waals surface area contributed by atoms with Gasteiger partial charge in [-0.05, 0) is 18.8 Å². The highest BCUT2D eigenvalue weighted by atomic mass is 16.2. The summed E-state index contributed by atoms with van der Waals surface area (Å²) in [7, 11) is 0. The zero-order valence-corrected chi connectivity index (χ0v) is 10.0. The molecule has 0 unspecified atom stereocenters. The second-order valence-corrected chi connectivity index (χ2v) is 4.74. The van der Waals surface area contributed by atoms with Crippen molar-refractivity contribution in [3.05, 3.63) is 0 Å². The summed E-state index contributed by atoms with van der Waals surface area (Å²) in [5.74, 6) is 0.531. The van der Waals surface area contributed by atoms with Gasteiger partial charge in [-0.3, -0.25) is 9.59 Å². The number of rotatable bonds is 5. The largest absolute Gasteiger partial charge is 0.355 e. The molecule has 1 aliphatic carbocycles. The highest BCUT2D eigenvalue weighted by molar-refractivity contribution is 5.84. The van der Waals surface area contributed by atoms with Gasteiger partial charge in [0.15, 0.2) is 0 Å². The van der Waals surface area contributed by atoms with Crippen molar-refractivity contribution in [3.8, 4) is 0 Å². The van der Waals surface area contributed by atoms with Crippen LogP contribution in [-0.4, -0.2) is 31.4 Å². The fourth-order valence-corrected chi connectivity index (χ4v) is 2.32. The Hall–Kier alpha value is -1.10. The maximum Gasteiger partial charge on any atom is 0.227 e. The maximum absolute atomic E-state index is 11.9. The zero-order chi connectivity index (χ0) is 12.2. The minimum atomic E-state index is -0.352. The molecular weight excluding hydrogens is 206 g/mol. The molecule has 0 aliphatic heterocycles. The summed E-state index contributed by atoms with van der Waals surface area (Å²) in [4.78, 5) is 22.5. The summed E-state index contributed by atoms with van der Waals surface area (Å²) in [6.07, 6.45) is 1.74. The zero-order valence-electron chi connectivity index (χ0n) is 10.0. The quantitative estimate of drug-likeness (QED) is 0.559. The SMILES string of the molecule is CC(=O)NCCNC(=O)C1(CN)CC(C)C1. The van der Waals surface area contributed by atoms with E-state index in [2.05, 4.69) is 17.6 Å². The van der Waals surface area contributed by atoms with Gasteiger partial charge in [-0.2, -0.15) is 0 Å². The molecule has 0 aromatic rings. The van der Waals surface area contributed by atoms with E-state index in [0.29, 0.717) is 25.6 Å². The monoisotopic (exact) mass is 227 g/mol. The molecule has 0 saturated heterocycles. The third-order valence-corrected chi connectivity index (χ3v) is 3.14. The molecule has 0 bridgehead atoms. The predicted molar refractivity (Wildman–Crippen MR) is 61.6 cm³/mol. The molecular formula is C11H21N3O2. The van der Waals surface area contributed by atoms with Crippen molar-refractivity contribution >= 4 is 11.8 Å². The molecule has 1 aliphatic rings. The topological polar surface area (TPSA) is 84.2 Å². The molecule has 0 radical (unpaired) electrons. The van der Waals surface area contributed by atoms with Crippen molar-refractivity contribution in [3.63, 3.8) is 0 Å². The summed E-state index contributed by atoms with van der Waals surface area (Å²) < 4.78 is 0. The lowest BCUT2D eigenvalue weighted by Gasteiger charge is -2.44. The lowest BCUT2D eigenvalue weighted by atomic mass is 9.62. The lowest BCUT2D eigenvalue weighted by molar-refractivity contribution is -0.138. The number of nitrogens with one attached hydrogen (secondary N) is 2. The minimum absolute atomic E-state index is 0.0263. The molecule has 0 spiro atoms. The van der Waals surface area contributed by atoms with Gasteiger partial charge >= 0.3 is 0 Å². The summed E-state index contributed by atoms with van der Waals surface area (Å²) in [5.41, 5.74) is 5.30. The third-order valence-electron chi connectivity index (χ3n) is 3.14. The average Bonchev–Trinajstić information content (AvgIpc) is 2.18. The van der Waals surface area contributed by atoms with Gasteiger partial charge in [0, 0.05) is 26.6 Å². The van der Waals surface area contributed by atoms with E-state index in [-0.39, 0.29) is 17.2 Å². The second kappa shape index (κ2) is 5.30. The van der Waals surface area contributed by atoms with Crippen molar-refractivity contribution in [1.29, 1.82) is 0 Å². The molecule has 5 heteroatoms. The van der Waals surface area contributed by atoms with Crippen LogP contribution in [0.15, 0.2) is 0 Å². The number of carbonyl (C=O) groups is 2. The number of hydrogen-bond acceptors (Lipinski definition) is 3. The summed E-state index contributed by atoms with van der Waals surface area (Å²) in [5, 5.41) is 5.45. The van der Waals surface area contributed by atoms with Crippen LogP contribution >= 0.6 is 0 Å². The first-order valence-electron chi connectivity index (χ1n) is 5.73. The molecule has 1 saturated carbocycles. The first-order valence-corrected chi connectivity index (χ1v) is 5.73. The van der Waals surface area contributed by atoms with Crippen LogP contribution in [0.5, 0.6) is 0 Å². The van der Waals surface area contributed by atoms with Crippen molar-refractivity contribution in [2.24, 2.45) is 17.1 Å². The van der Waals surface area contributed by atoms with E-state index in [1.54, 1.807) is 0 Å². The Labute approximate surface area is 96.1 Å². The first-order chi connectivity index (χ1) is 7.50. The number of carbonyl (C=O) groups excluding carboxylic acids is 2. The molecule has 0 aromatic carbocycles. The lowest BCUT2D eigenvalue weighted by Crippen LogP contribution is -2.54. The van der Waals surface area contributed by atoms with Crippen molar-refractivity contribution in [1.82, 2.24) is 10.6 Å². The van der Waals surface area contributed by atoms with Crippen LogP contribution in [0.4, 0.5) is 0 Å². The van der Waals surface area contributed by atoms with Crippen LogP contribution < -0.4 is 16.4 Å². The van der Waals surface area contributed by atoms with Gasteiger partial charge in [-0.25, -0.2) is 0 Å². The average molecular weight is 227 g/mol. The molecule has 0 heterocycles. The van der Waals surface area contributed by atoms with Crippen molar-refractivity contribution in [2.75, 3.05) is 19.6 Å². The highest BCUT2D eigenvalue weighted by Gasteiger charge is 2.46. The Morgan fingerprint density at radius 2 is 1.88 bits per heavy atom. The molecule has 0 atom stereocenters. The summed E-state index contributed by atoms with van der Waals surface area (Å²) >= 11 is 0. The van der Waals surface area contributed by atoms with E-state index >= 15 is 0 Å². The van der Waals surface area contributed by atoms with Gasteiger partial charge in [0.05, 0.1) is 5.41 Å². The van der Waals surface area contributed by atoms with Crippen LogP contribution in [0.3, 0.4) is 0 Å². The van der Waals surface area contributed by atoms with Crippen LogP contribution in [-0.2, 0) is 9.59 Å². The Morgan fingerprint density at radius 3 is 2.31 bits per heavy atom. The molecule has 2 amide bonds. The molecule has 92 valence electrons. The standard InChI is InChI=1S/C11H21N3O2/c1-8-5-11(6-8,7-12)10(16)14-4-3-13-9(2)15/h8H,3-7,12H2,1-2H3,(H,13,15)(H,14,16). The molecule has 16 heavy (non-hydrogen) atoms. The van der Waals surface area contributed by atoms with Gasteiger partial charge in [0.2, 0.25) is 11.8 Å². The second-order valence-electron chi connectivity index (χ2n) is 4.74. The van der Waals surface area contributed by atoms with E-state index in [9.17, 15) is 9.59 Å². The van der Waals surface area contributed by atoms with E-state index in [1.807, 2.05) is 0 Å². The minimum Gasteiger partial charge on any atom is -0.355 e.